The Bertz CT molecular complexity index is 459. The molecule has 1 atom stereocenters. The van der Waals surface area contributed by atoms with E-state index in [-0.39, 0.29) is 18.9 Å². The van der Waals surface area contributed by atoms with E-state index in [1.807, 2.05) is 19.2 Å². The van der Waals surface area contributed by atoms with Crippen LogP contribution in [-0.2, 0) is 14.4 Å². The second kappa shape index (κ2) is 3.79. The Morgan fingerprint density at radius 1 is 1.22 bits per heavy atom. The molecule has 7 heteroatoms. The van der Waals surface area contributed by atoms with Gasteiger partial charge in [-0.2, -0.15) is 5.01 Å². The molecule has 2 aliphatic heterocycles. The Morgan fingerprint density at radius 2 is 1.83 bits per heavy atom. The van der Waals surface area contributed by atoms with Crippen molar-refractivity contribution in [1.82, 2.24) is 15.3 Å². The maximum absolute atomic E-state index is 12.3. The maximum atomic E-state index is 12.3. The summed E-state index contributed by atoms with van der Waals surface area (Å²) < 4.78 is 0. The molecule has 2 rings (SSSR count). The summed E-state index contributed by atoms with van der Waals surface area (Å²) in [5.74, 6) is -1.41. The Morgan fingerprint density at radius 3 is 2.22 bits per heavy atom. The molecule has 2 heterocycles. The van der Waals surface area contributed by atoms with Crippen molar-refractivity contribution in [1.29, 1.82) is 0 Å². The molecule has 98 valence electrons. The molecule has 0 saturated carbocycles. The molecular weight excluding hydrogens is 238 g/mol. The van der Waals surface area contributed by atoms with E-state index in [0.717, 1.165) is 10.0 Å². The summed E-state index contributed by atoms with van der Waals surface area (Å²) in [4.78, 5) is 46.8. The van der Waals surface area contributed by atoms with Crippen molar-refractivity contribution >= 4 is 23.8 Å². The molecule has 7 nitrogen and oxygen atoms in total. The molecule has 5 amide bonds. The lowest BCUT2D eigenvalue weighted by Gasteiger charge is -2.28. The molecular formula is C11H15N3O4. The van der Waals surface area contributed by atoms with E-state index in [1.54, 1.807) is 6.92 Å². The number of hydrazine groups is 1. The number of nitrogens with one attached hydrogen (secondary N) is 1. The molecule has 18 heavy (non-hydrogen) atoms. The number of rotatable bonds is 2. The van der Waals surface area contributed by atoms with Gasteiger partial charge in [0.15, 0.2) is 0 Å². The van der Waals surface area contributed by atoms with Crippen LogP contribution in [0.15, 0.2) is 0 Å². The Kier molecular flexibility index (Phi) is 2.64. The first kappa shape index (κ1) is 12.5. The lowest BCUT2D eigenvalue weighted by atomic mass is 9.78. The topological polar surface area (TPSA) is 86.8 Å². The largest absolute Gasteiger partial charge is 0.343 e. The summed E-state index contributed by atoms with van der Waals surface area (Å²) in [5, 5.41) is 3.72. The van der Waals surface area contributed by atoms with E-state index in [1.165, 1.54) is 0 Å². The van der Waals surface area contributed by atoms with E-state index in [2.05, 4.69) is 0 Å². The summed E-state index contributed by atoms with van der Waals surface area (Å²) in [6.45, 7) is 5.12. The average molecular weight is 253 g/mol. The van der Waals surface area contributed by atoms with Gasteiger partial charge in [0, 0.05) is 6.42 Å². The van der Waals surface area contributed by atoms with E-state index in [9.17, 15) is 19.2 Å². The van der Waals surface area contributed by atoms with Crippen molar-refractivity contribution in [3.05, 3.63) is 0 Å². The molecule has 0 aromatic rings. The van der Waals surface area contributed by atoms with Crippen LogP contribution in [0.3, 0.4) is 0 Å². The van der Waals surface area contributed by atoms with Gasteiger partial charge in [-0.15, -0.1) is 0 Å². The number of hydrogen-bond acceptors (Lipinski definition) is 4. The van der Waals surface area contributed by atoms with Crippen LogP contribution in [0.1, 0.15) is 27.2 Å². The van der Waals surface area contributed by atoms with Gasteiger partial charge in [0.2, 0.25) is 11.8 Å². The zero-order chi connectivity index (χ0) is 13.7. The normalized spacial score (nSPS) is 28.7. The zero-order valence-electron chi connectivity index (χ0n) is 10.5. The number of carbonyl (C=O) groups is 4. The first-order chi connectivity index (χ1) is 8.27. The van der Waals surface area contributed by atoms with Gasteiger partial charge < -0.3 is 0 Å². The molecule has 0 aromatic carbocycles. The molecule has 2 saturated heterocycles. The van der Waals surface area contributed by atoms with Crippen LogP contribution in [0.4, 0.5) is 4.79 Å². The van der Waals surface area contributed by atoms with Gasteiger partial charge in [-0.3, -0.25) is 19.7 Å². The van der Waals surface area contributed by atoms with Crippen LogP contribution in [0.5, 0.6) is 0 Å². The first-order valence-electron chi connectivity index (χ1n) is 5.76. The maximum Gasteiger partial charge on any atom is 0.343 e. The minimum Gasteiger partial charge on any atom is -0.275 e. The van der Waals surface area contributed by atoms with Crippen molar-refractivity contribution in [2.24, 2.45) is 11.3 Å². The van der Waals surface area contributed by atoms with Crippen molar-refractivity contribution in [2.75, 3.05) is 6.54 Å². The van der Waals surface area contributed by atoms with Crippen molar-refractivity contribution < 1.29 is 19.2 Å². The van der Waals surface area contributed by atoms with Crippen LogP contribution < -0.4 is 5.32 Å². The molecule has 1 unspecified atom stereocenters. The molecule has 0 radical (unpaired) electrons. The van der Waals surface area contributed by atoms with E-state index in [0.29, 0.717) is 0 Å². The Hall–Kier alpha value is -1.92. The third-order valence-corrected chi connectivity index (χ3v) is 3.73. The summed E-state index contributed by atoms with van der Waals surface area (Å²) >= 11 is 0. The minimum absolute atomic E-state index is 0.0275. The highest BCUT2D eigenvalue weighted by Gasteiger charge is 2.54. The quantitative estimate of drug-likeness (QED) is 0.549. The standard InChI is InChI=1S/C11H15N3O4/c1-6(2)11(3)4-8(16)14(9(11)17)13-5-7(15)12-10(13)18/h6H,4-5H2,1-3H3,(H,12,15,18). The first-order valence-corrected chi connectivity index (χ1v) is 5.76. The highest BCUT2D eigenvalue weighted by molar-refractivity contribution is 6.10. The van der Waals surface area contributed by atoms with Gasteiger partial charge in [0.1, 0.15) is 6.54 Å². The minimum atomic E-state index is -0.816. The molecule has 2 aliphatic rings. The monoisotopic (exact) mass is 253 g/mol. The summed E-state index contributed by atoms with van der Waals surface area (Å²) in [7, 11) is 0. The van der Waals surface area contributed by atoms with Gasteiger partial charge in [-0.25, -0.2) is 9.80 Å². The van der Waals surface area contributed by atoms with Crippen LogP contribution in [-0.4, -0.2) is 40.3 Å². The lowest BCUT2D eigenvalue weighted by Crippen LogP contribution is -2.49. The molecule has 0 aliphatic carbocycles. The molecule has 0 aromatic heterocycles. The summed E-state index contributed by atoms with van der Waals surface area (Å²) in [6, 6.07) is -0.727. The van der Waals surface area contributed by atoms with Crippen LogP contribution in [0, 0.1) is 11.3 Å². The third kappa shape index (κ3) is 1.58. The SMILES string of the molecule is CC(C)C1(C)CC(=O)N(N2CC(=O)NC2=O)C1=O. The molecule has 2 fully saturated rings. The third-order valence-electron chi connectivity index (χ3n) is 3.73. The second-order valence-corrected chi connectivity index (χ2v) is 5.17. The zero-order valence-corrected chi connectivity index (χ0v) is 10.5. The van der Waals surface area contributed by atoms with Crippen molar-refractivity contribution in [2.45, 2.75) is 27.2 Å². The van der Waals surface area contributed by atoms with Crippen LogP contribution in [0.25, 0.3) is 0 Å². The molecule has 0 spiro atoms. The van der Waals surface area contributed by atoms with Crippen molar-refractivity contribution in [3.8, 4) is 0 Å². The fourth-order valence-corrected chi connectivity index (χ4v) is 2.11. The lowest BCUT2D eigenvalue weighted by molar-refractivity contribution is -0.155. The second-order valence-electron chi connectivity index (χ2n) is 5.17. The fraction of sp³-hybridized carbons (Fsp3) is 0.636. The van der Waals surface area contributed by atoms with Gasteiger partial charge in [-0.1, -0.05) is 13.8 Å². The fourth-order valence-electron chi connectivity index (χ4n) is 2.11. The van der Waals surface area contributed by atoms with E-state index >= 15 is 0 Å². The van der Waals surface area contributed by atoms with Gasteiger partial charge in [0.05, 0.1) is 5.41 Å². The highest BCUT2D eigenvalue weighted by atomic mass is 16.2. The number of amides is 5. The van der Waals surface area contributed by atoms with Gasteiger partial charge in [-0.05, 0) is 12.8 Å². The van der Waals surface area contributed by atoms with Gasteiger partial charge in [0.25, 0.3) is 5.91 Å². The number of carbonyl (C=O) groups excluding carboxylic acids is 4. The van der Waals surface area contributed by atoms with Crippen molar-refractivity contribution in [3.63, 3.8) is 0 Å². The Labute approximate surface area is 104 Å². The number of nitrogens with zero attached hydrogens (tertiary/aromatic N) is 2. The number of urea groups is 1. The van der Waals surface area contributed by atoms with Crippen LogP contribution in [0.2, 0.25) is 0 Å². The Balaban J connectivity index is 2.31. The summed E-state index contributed by atoms with van der Waals surface area (Å²) in [6.07, 6.45) is 0.0570. The van der Waals surface area contributed by atoms with E-state index < -0.39 is 29.2 Å². The smallest absolute Gasteiger partial charge is 0.275 e. The number of imide groups is 2. The highest BCUT2D eigenvalue weighted by Crippen LogP contribution is 2.40. The summed E-state index contributed by atoms with van der Waals surface area (Å²) in [5.41, 5.74) is -0.816. The predicted octanol–water partition coefficient (Wildman–Crippen LogP) is -0.126. The number of hydrogen-bond donors (Lipinski definition) is 1. The van der Waals surface area contributed by atoms with Gasteiger partial charge >= 0.3 is 6.03 Å². The molecule has 1 N–H and O–H groups in total. The van der Waals surface area contributed by atoms with Crippen LogP contribution >= 0.6 is 0 Å². The molecule has 0 bridgehead atoms. The average Bonchev–Trinajstić information content (AvgIpc) is 2.67. The predicted molar refractivity (Wildman–Crippen MR) is 59.7 cm³/mol. The van der Waals surface area contributed by atoms with E-state index in [4.69, 9.17) is 0 Å².